The minimum Gasteiger partial charge on any atom is -0.330 e. The van der Waals surface area contributed by atoms with Crippen molar-refractivity contribution < 1.29 is 0 Å². The Morgan fingerprint density at radius 3 is 2.76 bits per heavy atom. The van der Waals surface area contributed by atoms with Gasteiger partial charge in [-0.3, -0.25) is 0 Å². The third-order valence-electron chi connectivity index (χ3n) is 2.32. The number of pyridine rings is 1. The quantitative estimate of drug-likeness (QED) is 0.920. The highest BCUT2D eigenvalue weighted by Crippen LogP contribution is 2.32. The molecule has 0 radical (unpaired) electrons. The van der Waals surface area contributed by atoms with Gasteiger partial charge in [-0.25, -0.2) is 4.98 Å². The molecule has 1 aromatic heterocycles. The number of hydrogen-bond acceptors (Lipinski definition) is 3. The van der Waals surface area contributed by atoms with E-state index >= 15 is 0 Å². The molecule has 0 bridgehead atoms. The van der Waals surface area contributed by atoms with Crippen LogP contribution in [-0.4, -0.2) is 11.5 Å². The summed E-state index contributed by atoms with van der Waals surface area (Å²) in [4.78, 5) is 5.42. The summed E-state index contributed by atoms with van der Waals surface area (Å²) in [6.07, 6.45) is 2.57. The lowest BCUT2D eigenvalue weighted by atomic mass is 10.1. The maximum atomic E-state index is 6.19. The first kappa shape index (κ1) is 12.4. The van der Waals surface area contributed by atoms with Crippen molar-refractivity contribution in [1.82, 2.24) is 4.98 Å². The molecule has 0 atom stereocenters. The van der Waals surface area contributed by atoms with Crippen LogP contribution in [0.2, 0.25) is 5.02 Å². The van der Waals surface area contributed by atoms with E-state index in [2.05, 4.69) is 11.1 Å². The second-order valence-corrected chi connectivity index (χ2v) is 4.99. The van der Waals surface area contributed by atoms with E-state index in [0.717, 1.165) is 26.9 Å². The smallest absolute Gasteiger partial charge is 0.101 e. The summed E-state index contributed by atoms with van der Waals surface area (Å²) in [5.74, 6) is 0. The maximum absolute atomic E-state index is 6.19. The SMILES string of the molecule is NCCc1c(Cl)cccc1Sc1ccccn1. The van der Waals surface area contributed by atoms with Crippen molar-refractivity contribution in [3.8, 4) is 0 Å². The van der Waals surface area contributed by atoms with E-state index in [-0.39, 0.29) is 0 Å². The predicted molar refractivity (Wildman–Crippen MR) is 72.6 cm³/mol. The Labute approximate surface area is 110 Å². The Morgan fingerprint density at radius 1 is 1.18 bits per heavy atom. The zero-order chi connectivity index (χ0) is 12.1. The molecule has 0 aliphatic rings. The standard InChI is InChI=1S/C13H13ClN2S/c14-11-4-3-5-12(10(11)7-8-15)17-13-6-1-2-9-16-13/h1-6,9H,7-8,15H2. The zero-order valence-corrected chi connectivity index (χ0v) is 10.8. The number of nitrogens with two attached hydrogens (primary N) is 1. The van der Waals surface area contributed by atoms with E-state index in [9.17, 15) is 0 Å². The van der Waals surface area contributed by atoms with Crippen molar-refractivity contribution in [2.75, 3.05) is 6.54 Å². The van der Waals surface area contributed by atoms with Gasteiger partial charge in [0.05, 0.1) is 0 Å². The van der Waals surface area contributed by atoms with Crippen LogP contribution in [0.4, 0.5) is 0 Å². The average molecular weight is 265 g/mol. The van der Waals surface area contributed by atoms with Crippen LogP contribution in [0.5, 0.6) is 0 Å². The second-order valence-electron chi connectivity index (χ2n) is 3.53. The summed E-state index contributed by atoms with van der Waals surface area (Å²) in [5, 5.41) is 1.74. The average Bonchev–Trinajstić information content (AvgIpc) is 2.35. The summed E-state index contributed by atoms with van der Waals surface area (Å²) in [6.45, 7) is 0.597. The third-order valence-corrected chi connectivity index (χ3v) is 3.73. The monoisotopic (exact) mass is 264 g/mol. The fraction of sp³-hybridized carbons (Fsp3) is 0.154. The molecule has 0 saturated heterocycles. The van der Waals surface area contributed by atoms with Gasteiger partial charge in [-0.1, -0.05) is 35.5 Å². The van der Waals surface area contributed by atoms with E-state index in [1.807, 2.05) is 30.3 Å². The summed E-state index contributed by atoms with van der Waals surface area (Å²) in [6, 6.07) is 11.8. The van der Waals surface area contributed by atoms with Gasteiger partial charge in [0.1, 0.15) is 5.03 Å². The first-order valence-electron chi connectivity index (χ1n) is 5.37. The molecule has 2 aromatic rings. The van der Waals surface area contributed by atoms with Gasteiger partial charge in [0, 0.05) is 16.1 Å². The summed E-state index contributed by atoms with van der Waals surface area (Å²) in [7, 11) is 0. The first-order chi connectivity index (χ1) is 8.31. The van der Waals surface area contributed by atoms with Gasteiger partial charge in [-0.05, 0) is 42.8 Å². The molecule has 0 aliphatic heterocycles. The van der Waals surface area contributed by atoms with Gasteiger partial charge in [-0.2, -0.15) is 0 Å². The number of halogens is 1. The van der Waals surface area contributed by atoms with Gasteiger partial charge in [0.25, 0.3) is 0 Å². The fourth-order valence-electron chi connectivity index (χ4n) is 1.54. The largest absolute Gasteiger partial charge is 0.330 e. The Kier molecular flexibility index (Phi) is 4.42. The topological polar surface area (TPSA) is 38.9 Å². The summed E-state index contributed by atoms with van der Waals surface area (Å²) >= 11 is 7.80. The molecule has 0 aliphatic carbocycles. The van der Waals surface area contributed by atoms with E-state index in [1.165, 1.54) is 0 Å². The third kappa shape index (κ3) is 3.22. The van der Waals surface area contributed by atoms with Crippen LogP contribution in [0.25, 0.3) is 0 Å². The van der Waals surface area contributed by atoms with Crippen molar-refractivity contribution in [1.29, 1.82) is 0 Å². The van der Waals surface area contributed by atoms with Crippen LogP contribution in [0.1, 0.15) is 5.56 Å². The molecule has 0 spiro atoms. The molecule has 1 heterocycles. The van der Waals surface area contributed by atoms with E-state index in [4.69, 9.17) is 17.3 Å². The maximum Gasteiger partial charge on any atom is 0.101 e. The molecule has 0 fully saturated rings. The van der Waals surface area contributed by atoms with E-state index in [1.54, 1.807) is 18.0 Å². The number of rotatable bonds is 4. The molecule has 2 rings (SSSR count). The lowest BCUT2D eigenvalue weighted by Crippen LogP contribution is -2.04. The lowest BCUT2D eigenvalue weighted by molar-refractivity contribution is 0.943. The first-order valence-corrected chi connectivity index (χ1v) is 6.57. The number of nitrogens with zero attached hydrogens (tertiary/aromatic N) is 1. The minimum atomic E-state index is 0.597. The van der Waals surface area contributed by atoms with Crippen LogP contribution in [0.15, 0.2) is 52.5 Å². The summed E-state index contributed by atoms with van der Waals surface area (Å²) in [5.41, 5.74) is 6.71. The molecule has 0 unspecified atom stereocenters. The van der Waals surface area contributed by atoms with Gasteiger partial charge in [0.15, 0.2) is 0 Å². The van der Waals surface area contributed by atoms with Gasteiger partial charge in [-0.15, -0.1) is 0 Å². The van der Waals surface area contributed by atoms with Gasteiger partial charge < -0.3 is 5.73 Å². The molecule has 4 heteroatoms. The van der Waals surface area contributed by atoms with Crippen molar-refractivity contribution in [3.05, 3.63) is 53.2 Å². The van der Waals surface area contributed by atoms with Crippen molar-refractivity contribution in [2.45, 2.75) is 16.3 Å². The summed E-state index contributed by atoms with van der Waals surface area (Å²) < 4.78 is 0. The predicted octanol–water partition coefficient (Wildman–Crippen LogP) is 3.39. The minimum absolute atomic E-state index is 0.597. The number of benzene rings is 1. The second kappa shape index (κ2) is 6.05. The molecule has 0 saturated carbocycles. The normalized spacial score (nSPS) is 10.5. The number of hydrogen-bond donors (Lipinski definition) is 1. The highest BCUT2D eigenvalue weighted by Gasteiger charge is 2.08. The Hall–Kier alpha value is -1.03. The van der Waals surface area contributed by atoms with Crippen LogP contribution in [0.3, 0.4) is 0 Å². The van der Waals surface area contributed by atoms with Crippen LogP contribution < -0.4 is 5.73 Å². The lowest BCUT2D eigenvalue weighted by Gasteiger charge is -2.09. The van der Waals surface area contributed by atoms with Crippen molar-refractivity contribution in [2.24, 2.45) is 5.73 Å². The molecular formula is C13H13ClN2S. The Morgan fingerprint density at radius 2 is 2.06 bits per heavy atom. The van der Waals surface area contributed by atoms with Crippen LogP contribution in [-0.2, 0) is 6.42 Å². The molecule has 88 valence electrons. The Bertz CT molecular complexity index is 488. The van der Waals surface area contributed by atoms with Gasteiger partial charge >= 0.3 is 0 Å². The molecule has 2 N–H and O–H groups in total. The molecule has 17 heavy (non-hydrogen) atoms. The van der Waals surface area contributed by atoms with Crippen molar-refractivity contribution >= 4 is 23.4 Å². The Balaban J connectivity index is 2.29. The van der Waals surface area contributed by atoms with E-state index in [0.29, 0.717) is 6.54 Å². The molecular weight excluding hydrogens is 252 g/mol. The fourth-order valence-corrected chi connectivity index (χ4v) is 2.83. The highest BCUT2D eigenvalue weighted by molar-refractivity contribution is 7.99. The highest BCUT2D eigenvalue weighted by atomic mass is 35.5. The molecule has 1 aromatic carbocycles. The van der Waals surface area contributed by atoms with Gasteiger partial charge in [0.2, 0.25) is 0 Å². The van der Waals surface area contributed by atoms with Crippen molar-refractivity contribution in [3.63, 3.8) is 0 Å². The number of aromatic nitrogens is 1. The molecule has 0 amide bonds. The van der Waals surface area contributed by atoms with E-state index < -0.39 is 0 Å². The van der Waals surface area contributed by atoms with Crippen LogP contribution >= 0.6 is 23.4 Å². The van der Waals surface area contributed by atoms with Crippen LogP contribution in [0, 0.1) is 0 Å². The zero-order valence-electron chi connectivity index (χ0n) is 9.27. The molecule has 2 nitrogen and oxygen atoms in total.